The molecule has 3 aromatic rings. The van der Waals surface area contributed by atoms with Crippen molar-refractivity contribution in [3.63, 3.8) is 0 Å². The van der Waals surface area contributed by atoms with Gasteiger partial charge < -0.3 is 5.11 Å². The first-order valence-electron chi connectivity index (χ1n) is 8.68. The summed E-state index contributed by atoms with van der Waals surface area (Å²) in [6.07, 6.45) is 1.31. The Labute approximate surface area is 185 Å². The molecule has 0 aliphatic carbocycles. The fourth-order valence-electron chi connectivity index (χ4n) is 2.49. The van der Waals surface area contributed by atoms with E-state index in [0.29, 0.717) is 14.9 Å². The molecule has 3 aromatic carbocycles. The SMILES string of the molecule is Cc1ccc(Sc2ccc(/C=N\NC(=O)c3cc(Br)ccc3O)cc2[N+](=O)[O-])cc1. The number of halogens is 1. The molecule has 152 valence electrons. The number of amides is 1. The van der Waals surface area contributed by atoms with Crippen LogP contribution in [0, 0.1) is 17.0 Å². The fraction of sp³-hybridized carbons (Fsp3) is 0.0476. The van der Waals surface area contributed by atoms with Gasteiger partial charge in [0.25, 0.3) is 11.6 Å². The Morgan fingerprint density at radius 2 is 1.90 bits per heavy atom. The highest BCUT2D eigenvalue weighted by atomic mass is 79.9. The topological polar surface area (TPSA) is 105 Å². The van der Waals surface area contributed by atoms with E-state index in [1.54, 1.807) is 18.2 Å². The lowest BCUT2D eigenvalue weighted by molar-refractivity contribution is -0.387. The first-order valence-corrected chi connectivity index (χ1v) is 10.3. The summed E-state index contributed by atoms with van der Waals surface area (Å²) >= 11 is 4.53. The highest BCUT2D eigenvalue weighted by molar-refractivity contribution is 9.10. The van der Waals surface area contributed by atoms with Crippen LogP contribution in [0.25, 0.3) is 0 Å². The number of nitrogens with zero attached hydrogens (tertiary/aromatic N) is 2. The summed E-state index contributed by atoms with van der Waals surface area (Å²) in [6.45, 7) is 1.97. The Kier molecular flexibility index (Phi) is 6.86. The van der Waals surface area contributed by atoms with Gasteiger partial charge in [-0.25, -0.2) is 5.43 Å². The van der Waals surface area contributed by atoms with Crippen LogP contribution in [0.5, 0.6) is 5.75 Å². The number of hydrogen-bond donors (Lipinski definition) is 2. The van der Waals surface area contributed by atoms with Crippen LogP contribution in [0.4, 0.5) is 5.69 Å². The summed E-state index contributed by atoms with van der Waals surface area (Å²) in [7, 11) is 0. The van der Waals surface area contributed by atoms with Crippen molar-refractivity contribution in [2.24, 2.45) is 5.10 Å². The van der Waals surface area contributed by atoms with Crippen molar-refractivity contribution in [3.05, 3.63) is 91.9 Å². The van der Waals surface area contributed by atoms with Crippen molar-refractivity contribution < 1.29 is 14.8 Å². The number of aryl methyl sites for hydroxylation is 1. The van der Waals surface area contributed by atoms with E-state index in [9.17, 15) is 20.0 Å². The van der Waals surface area contributed by atoms with Crippen molar-refractivity contribution in [3.8, 4) is 5.75 Å². The van der Waals surface area contributed by atoms with Gasteiger partial charge in [-0.3, -0.25) is 14.9 Å². The largest absolute Gasteiger partial charge is 0.507 e. The van der Waals surface area contributed by atoms with Gasteiger partial charge in [0.05, 0.1) is 21.6 Å². The molecule has 0 fully saturated rings. The maximum atomic E-state index is 12.1. The molecular formula is C21H16BrN3O4S. The molecule has 0 spiro atoms. The number of carbonyl (C=O) groups is 1. The Hall–Kier alpha value is -3.17. The molecule has 0 atom stereocenters. The molecule has 0 saturated heterocycles. The minimum atomic E-state index is -0.605. The van der Waals surface area contributed by atoms with E-state index in [-0.39, 0.29) is 17.0 Å². The van der Waals surface area contributed by atoms with Crippen LogP contribution >= 0.6 is 27.7 Å². The van der Waals surface area contributed by atoms with Crippen LogP contribution in [0.1, 0.15) is 21.5 Å². The molecule has 0 aliphatic rings. The zero-order valence-electron chi connectivity index (χ0n) is 15.7. The monoisotopic (exact) mass is 485 g/mol. The Morgan fingerprint density at radius 1 is 1.17 bits per heavy atom. The average molecular weight is 486 g/mol. The van der Waals surface area contributed by atoms with E-state index in [0.717, 1.165) is 10.5 Å². The Balaban J connectivity index is 1.75. The van der Waals surface area contributed by atoms with Crippen LogP contribution in [0.15, 0.2) is 80.0 Å². The van der Waals surface area contributed by atoms with Gasteiger partial charge in [-0.15, -0.1) is 0 Å². The van der Waals surface area contributed by atoms with Gasteiger partial charge in [-0.1, -0.05) is 51.5 Å². The molecule has 0 radical (unpaired) electrons. The number of aromatic hydroxyl groups is 1. The van der Waals surface area contributed by atoms with Gasteiger partial charge >= 0.3 is 0 Å². The lowest BCUT2D eigenvalue weighted by Crippen LogP contribution is -2.17. The van der Waals surface area contributed by atoms with E-state index in [1.165, 1.54) is 36.2 Å². The van der Waals surface area contributed by atoms with Crippen molar-refractivity contribution >= 4 is 45.5 Å². The first kappa shape index (κ1) is 21.5. The molecule has 0 unspecified atom stereocenters. The molecule has 0 aliphatic heterocycles. The summed E-state index contributed by atoms with van der Waals surface area (Å²) < 4.78 is 0.631. The normalized spacial score (nSPS) is 10.9. The molecule has 0 bridgehead atoms. The van der Waals surface area contributed by atoms with Crippen molar-refractivity contribution in [2.75, 3.05) is 0 Å². The fourth-order valence-corrected chi connectivity index (χ4v) is 3.75. The maximum absolute atomic E-state index is 12.1. The molecule has 2 N–H and O–H groups in total. The third kappa shape index (κ3) is 5.46. The van der Waals surface area contributed by atoms with E-state index in [2.05, 4.69) is 26.5 Å². The molecule has 0 heterocycles. The molecule has 9 heteroatoms. The number of carbonyl (C=O) groups excluding carboxylic acids is 1. The predicted octanol–water partition coefficient (Wildman–Crippen LogP) is 5.29. The summed E-state index contributed by atoms with van der Waals surface area (Å²) in [6, 6.07) is 16.9. The number of nitro benzene ring substituents is 1. The molecule has 0 saturated carbocycles. The first-order chi connectivity index (χ1) is 14.3. The standard InChI is InChI=1S/C21H16BrN3O4S/c1-13-2-6-16(7-3-13)30-20-9-4-14(10-18(20)25(28)29)12-23-24-21(27)17-11-15(22)5-8-19(17)26/h2-12,26H,1H3,(H,24,27)/b23-12-. The molecule has 7 nitrogen and oxygen atoms in total. The highest BCUT2D eigenvalue weighted by Crippen LogP contribution is 2.35. The Bertz CT molecular complexity index is 1130. The third-order valence-corrected chi connectivity index (χ3v) is 5.58. The number of nitrogens with one attached hydrogen (secondary N) is 1. The van der Waals surface area contributed by atoms with Crippen molar-refractivity contribution in [2.45, 2.75) is 16.7 Å². The number of phenolic OH excluding ortho intramolecular Hbond substituents is 1. The minimum Gasteiger partial charge on any atom is -0.507 e. The van der Waals surface area contributed by atoms with Gasteiger partial charge in [0.2, 0.25) is 0 Å². The zero-order chi connectivity index (χ0) is 21.7. The van der Waals surface area contributed by atoms with Crippen LogP contribution in [-0.2, 0) is 0 Å². The zero-order valence-corrected chi connectivity index (χ0v) is 18.1. The second-order valence-electron chi connectivity index (χ2n) is 6.26. The number of hydrogen-bond acceptors (Lipinski definition) is 6. The van der Waals surface area contributed by atoms with E-state index < -0.39 is 10.8 Å². The van der Waals surface area contributed by atoms with E-state index in [1.807, 2.05) is 31.2 Å². The van der Waals surface area contributed by atoms with Crippen LogP contribution in [0.3, 0.4) is 0 Å². The lowest BCUT2D eigenvalue weighted by atomic mass is 10.2. The summed E-state index contributed by atoms with van der Waals surface area (Å²) in [4.78, 5) is 24.6. The van der Waals surface area contributed by atoms with E-state index >= 15 is 0 Å². The van der Waals surface area contributed by atoms with Crippen molar-refractivity contribution in [1.29, 1.82) is 0 Å². The van der Waals surface area contributed by atoms with Gasteiger partial charge in [0.1, 0.15) is 5.75 Å². The van der Waals surface area contributed by atoms with Crippen LogP contribution in [-0.4, -0.2) is 22.2 Å². The van der Waals surface area contributed by atoms with Crippen molar-refractivity contribution in [1.82, 2.24) is 5.43 Å². The van der Waals surface area contributed by atoms with Crippen LogP contribution in [0.2, 0.25) is 0 Å². The maximum Gasteiger partial charge on any atom is 0.283 e. The highest BCUT2D eigenvalue weighted by Gasteiger charge is 2.16. The number of rotatable bonds is 6. The number of nitro groups is 1. The van der Waals surface area contributed by atoms with Crippen LogP contribution < -0.4 is 5.43 Å². The second kappa shape index (κ2) is 9.55. The Morgan fingerprint density at radius 3 is 2.60 bits per heavy atom. The smallest absolute Gasteiger partial charge is 0.283 e. The summed E-state index contributed by atoms with van der Waals surface area (Å²) in [5.74, 6) is -0.787. The van der Waals surface area contributed by atoms with Gasteiger partial charge in [0, 0.05) is 21.0 Å². The van der Waals surface area contributed by atoms with Gasteiger partial charge in [0.15, 0.2) is 0 Å². The summed E-state index contributed by atoms with van der Waals surface area (Å²) in [5.41, 5.74) is 3.86. The quantitative estimate of drug-likeness (QED) is 0.280. The van der Waals surface area contributed by atoms with Gasteiger partial charge in [-0.05, 0) is 43.3 Å². The molecule has 3 rings (SSSR count). The molecule has 30 heavy (non-hydrogen) atoms. The molecule has 0 aromatic heterocycles. The minimum absolute atomic E-state index is 0.0531. The summed E-state index contributed by atoms with van der Waals surface area (Å²) in [5, 5.41) is 25.1. The molecular weight excluding hydrogens is 470 g/mol. The lowest BCUT2D eigenvalue weighted by Gasteiger charge is -2.05. The second-order valence-corrected chi connectivity index (χ2v) is 8.29. The number of benzene rings is 3. The predicted molar refractivity (Wildman–Crippen MR) is 119 cm³/mol. The number of hydrazone groups is 1. The van der Waals surface area contributed by atoms with Gasteiger partial charge in [-0.2, -0.15) is 5.10 Å². The average Bonchev–Trinajstić information content (AvgIpc) is 2.72. The third-order valence-electron chi connectivity index (χ3n) is 4.01. The van der Waals surface area contributed by atoms with E-state index in [4.69, 9.17) is 0 Å². The molecule has 1 amide bonds. The number of phenols is 1.